The number of ether oxygens (including phenoxy) is 4. The molecule has 1 aliphatic heterocycles. The van der Waals surface area contributed by atoms with E-state index in [1.807, 2.05) is 13.8 Å². The number of rotatable bonds is 13. The van der Waals surface area contributed by atoms with Gasteiger partial charge in [0.1, 0.15) is 6.10 Å². The molecule has 0 amide bonds. The average molecular weight is 371 g/mol. The van der Waals surface area contributed by atoms with Gasteiger partial charge in [0.25, 0.3) is 0 Å². The largest absolute Gasteiger partial charge is 0.396 e. The lowest BCUT2D eigenvalue weighted by atomic mass is 9.83. The van der Waals surface area contributed by atoms with Gasteiger partial charge in [0.15, 0.2) is 6.29 Å². The van der Waals surface area contributed by atoms with Gasteiger partial charge in [-0.15, -0.1) is 6.42 Å². The number of hydrogen-bond acceptors (Lipinski definition) is 5. The maximum Gasteiger partial charge on any atom is 0.159 e. The molecule has 0 aromatic carbocycles. The van der Waals surface area contributed by atoms with E-state index in [0.29, 0.717) is 26.4 Å². The summed E-state index contributed by atoms with van der Waals surface area (Å²) in [6.07, 6.45) is 10.0. The van der Waals surface area contributed by atoms with Gasteiger partial charge in [-0.2, -0.15) is 0 Å². The molecule has 1 heterocycles. The van der Waals surface area contributed by atoms with Gasteiger partial charge in [0, 0.05) is 31.8 Å². The van der Waals surface area contributed by atoms with E-state index < -0.39 is 0 Å². The molecule has 1 rings (SSSR count). The minimum Gasteiger partial charge on any atom is -0.396 e. The van der Waals surface area contributed by atoms with Crippen LogP contribution >= 0.6 is 0 Å². The van der Waals surface area contributed by atoms with Gasteiger partial charge in [-0.1, -0.05) is 33.6 Å². The molecule has 0 aromatic rings. The third kappa shape index (κ3) is 9.34. The summed E-state index contributed by atoms with van der Waals surface area (Å²) in [4.78, 5) is 0. The fourth-order valence-electron chi connectivity index (χ4n) is 2.64. The normalized spacial score (nSPS) is 19.9. The smallest absolute Gasteiger partial charge is 0.159 e. The number of terminal acetylenes is 1. The van der Waals surface area contributed by atoms with Crippen molar-refractivity contribution in [3.8, 4) is 12.3 Å². The van der Waals surface area contributed by atoms with E-state index in [0.717, 1.165) is 38.7 Å². The maximum absolute atomic E-state index is 9.20. The Bertz CT molecular complexity index is 407. The number of hydrogen-bond donors (Lipinski definition) is 1. The van der Waals surface area contributed by atoms with Crippen LogP contribution in [0.5, 0.6) is 0 Å². The summed E-state index contributed by atoms with van der Waals surface area (Å²) in [5.41, 5.74) is -0.265. The second-order valence-corrected chi connectivity index (χ2v) is 8.51. The first-order valence-corrected chi connectivity index (χ1v) is 9.80. The zero-order valence-corrected chi connectivity index (χ0v) is 17.1. The van der Waals surface area contributed by atoms with Gasteiger partial charge in [-0.3, -0.25) is 0 Å². The lowest BCUT2D eigenvalue weighted by Crippen LogP contribution is -2.37. The van der Waals surface area contributed by atoms with Gasteiger partial charge in [0.05, 0.1) is 13.2 Å². The first-order valence-electron chi connectivity index (χ1n) is 9.80. The van der Waals surface area contributed by atoms with Crippen LogP contribution in [-0.4, -0.2) is 57.1 Å². The van der Waals surface area contributed by atoms with Crippen molar-refractivity contribution in [2.75, 3.05) is 39.6 Å². The Morgan fingerprint density at radius 2 is 1.73 bits per heavy atom. The van der Waals surface area contributed by atoms with Crippen molar-refractivity contribution in [3.05, 3.63) is 0 Å². The first kappa shape index (κ1) is 23.4. The third-order valence-electron chi connectivity index (χ3n) is 4.90. The summed E-state index contributed by atoms with van der Waals surface area (Å²) >= 11 is 0. The molecule has 0 aromatic heterocycles. The van der Waals surface area contributed by atoms with Crippen molar-refractivity contribution < 1.29 is 24.1 Å². The van der Waals surface area contributed by atoms with Crippen LogP contribution in [-0.2, 0) is 18.9 Å². The van der Waals surface area contributed by atoms with E-state index in [-0.39, 0.29) is 29.8 Å². The highest BCUT2D eigenvalue weighted by atomic mass is 16.7. The van der Waals surface area contributed by atoms with E-state index in [4.69, 9.17) is 25.4 Å². The molecule has 0 spiro atoms. The molecular weight excluding hydrogens is 332 g/mol. The Labute approximate surface area is 159 Å². The monoisotopic (exact) mass is 370 g/mol. The summed E-state index contributed by atoms with van der Waals surface area (Å²) in [6.45, 7) is 11.6. The molecule has 2 unspecified atom stereocenters. The van der Waals surface area contributed by atoms with E-state index in [1.54, 1.807) is 0 Å². The molecule has 0 radical (unpaired) electrons. The van der Waals surface area contributed by atoms with E-state index in [9.17, 15) is 5.11 Å². The van der Waals surface area contributed by atoms with Crippen LogP contribution in [0.1, 0.15) is 59.8 Å². The third-order valence-corrected chi connectivity index (χ3v) is 4.90. The molecule has 2 atom stereocenters. The second-order valence-electron chi connectivity index (χ2n) is 8.51. The quantitative estimate of drug-likeness (QED) is 0.398. The van der Waals surface area contributed by atoms with E-state index in [1.165, 1.54) is 0 Å². The Morgan fingerprint density at radius 1 is 1.08 bits per heavy atom. The Hall–Kier alpha value is -0.640. The molecule has 0 saturated carbocycles. The summed E-state index contributed by atoms with van der Waals surface area (Å²) in [7, 11) is 0. The molecule has 152 valence electrons. The van der Waals surface area contributed by atoms with Crippen molar-refractivity contribution >= 4 is 0 Å². The van der Waals surface area contributed by atoms with Gasteiger partial charge < -0.3 is 24.1 Å². The number of aliphatic hydroxyl groups is 1. The highest BCUT2D eigenvalue weighted by Gasteiger charge is 2.31. The minimum absolute atomic E-state index is 0.0861. The van der Waals surface area contributed by atoms with Crippen molar-refractivity contribution in [2.45, 2.75) is 72.2 Å². The molecule has 1 saturated heterocycles. The molecule has 1 aliphatic rings. The lowest BCUT2D eigenvalue weighted by molar-refractivity contribution is -0.196. The summed E-state index contributed by atoms with van der Waals surface area (Å²) < 4.78 is 22.9. The van der Waals surface area contributed by atoms with Crippen LogP contribution in [0.4, 0.5) is 0 Å². The molecule has 1 N–H and O–H groups in total. The van der Waals surface area contributed by atoms with Crippen molar-refractivity contribution in [3.63, 3.8) is 0 Å². The topological polar surface area (TPSA) is 57.2 Å². The highest BCUT2D eigenvalue weighted by Crippen LogP contribution is 2.30. The van der Waals surface area contributed by atoms with Gasteiger partial charge in [-0.05, 0) is 37.5 Å². The van der Waals surface area contributed by atoms with Crippen LogP contribution < -0.4 is 0 Å². The molecule has 5 heteroatoms. The van der Waals surface area contributed by atoms with Crippen molar-refractivity contribution in [1.29, 1.82) is 0 Å². The maximum atomic E-state index is 9.20. The summed E-state index contributed by atoms with van der Waals surface area (Å²) in [6, 6.07) is 0. The van der Waals surface area contributed by atoms with Gasteiger partial charge in [-0.25, -0.2) is 0 Å². The van der Waals surface area contributed by atoms with Crippen LogP contribution in [0.2, 0.25) is 0 Å². The highest BCUT2D eigenvalue weighted by molar-refractivity contribution is 5.02. The standard InChI is InChI=1S/C21H38O5/c1-6-18(26-19-9-7-8-12-25-19)21(4,5)11-14-24-16-15-23-13-10-20(2,3)17-22/h1,18-19,22H,7-17H2,2-5H3. The Kier molecular flexibility index (Phi) is 10.7. The SMILES string of the molecule is C#CC(OC1CCCCO1)C(C)(C)CCOCCOCCC(C)(C)CO. The predicted molar refractivity (Wildman–Crippen MR) is 103 cm³/mol. The van der Waals surface area contributed by atoms with E-state index >= 15 is 0 Å². The van der Waals surface area contributed by atoms with Gasteiger partial charge in [0.2, 0.25) is 0 Å². The van der Waals surface area contributed by atoms with Crippen LogP contribution in [0.3, 0.4) is 0 Å². The molecule has 0 bridgehead atoms. The Morgan fingerprint density at radius 3 is 2.27 bits per heavy atom. The second kappa shape index (κ2) is 11.9. The van der Waals surface area contributed by atoms with E-state index in [2.05, 4.69) is 19.8 Å². The first-order chi connectivity index (χ1) is 12.3. The number of aliphatic hydroxyl groups excluding tert-OH is 1. The molecule has 5 nitrogen and oxygen atoms in total. The fourth-order valence-corrected chi connectivity index (χ4v) is 2.64. The molecular formula is C21H38O5. The Balaban J connectivity index is 2.16. The molecule has 26 heavy (non-hydrogen) atoms. The molecule has 1 fully saturated rings. The summed E-state index contributed by atoms with van der Waals surface area (Å²) in [5.74, 6) is 2.78. The lowest BCUT2D eigenvalue weighted by Gasteiger charge is -2.34. The fraction of sp³-hybridized carbons (Fsp3) is 0.905. The summed E-state index contributed by atoms with van der Waals surface area (Å²) in [5, 5.41) is 9.20. The van der Waals surface area contributed by atoms with Crippen LogP contribution in [0.25, 0.3) is 0 Å². The zero-order valence-electron chi connectivity index (χ0n) is 17.1. The van der Waals surface area contributed by atoms with Gasteiger partial charge >= 0.3 is 0 Å². The zero-order chi connectivity index (χ0) is 19.5. The van der Waals surface area contributed by atoms with Crippen LogP contribution in [0, 0.1) is 23.2 Å². The van der Waals surface area contributed by atoms with Crippen molar-refractivity contribution in [2.24, 2.45) is 10.8 Å². The van der Waals surface area contributed by atoms with Crippen LogP contribution in [0.15, 0.2) is 0 Å². The van der Waals surface area contributed by atoms with Crippen molar-refractivity contribution in [1.82, 2.24) is 0 Å². The minimum atomic E-state index is -0.286. The predicted octanol–water partition coefficient (Wildman–Crippen LogP) is 3.39. The average Bonchev–Trinajstić information content (AvgIpc) is 2.62. The molecule has 0 aliphatic carbocycles.